The van der Waals surface area contributed by atoms with Crippen molar-refractivity contribution in [1.82, 2.24) is 14.7 Å². The van der Waals surface area contributed by atoms with E-state index in [1.165, 1.54) is 18.2 Å². The van der Waals surface area contributed by atoms with Crippen LogP contribution in [0.15, 0.2) is 83.4 Å². The monoisotopic (exact) mass is 519 g/mol. The van der Waals surface area contributed by atoms with E-state index in [4.69, 9.17) is 9.52 Å². The van der Waals surface area contributed by atoms with Gasteiger partial charge < -0.3 is 9.32 Å². The van der Waals surface area contributed by atoms with Gasteiger partial charge in [0.25, 0.3) is 0 Å². The van der Waals surface area contributed by atoms with E-state index in [-0.39, 0.29) is 29.8 Å². The molecule has 2 aromatic heterocycles. The molecule has 9 heteroatoms. The quantitative estimate of drug-likeness (QED) is 0.327. The second-order valence-corrected chi connectivity index (χ2v) is 11.3. The van der Waals surface area contributed by atoms with E-state index in [1.54, 1.807) is 40.1 Å². The summed E-state index contributed by atoms with van der Waals surface area (Å²) in [5.74, 6) is 0.615. The van der Waals surface area contributed by atoms with E-state index in [1.807, 2.05) is 43.3 Å². The lowest BCUT2D eigenvalue weighted by Crippen LogP contribution is -2.39. The summed E-state index contributed by atoms with van der Waals surface area (Å²) < 4.78 is 45.2. The first-order chi connectivity index (χ1) is 17.8. The van der Waals surface area contributed by atoms with Crippen molar-refractivity contribution in [2.75, 3.05) is 11.5 Å². The van der Waals surface area contributed by atoms with Crippen LogP contribution in [-0.4, -0.2) is 46.6 Å². The summed E-state index contributed by atoms with van der Waals surface area (Å²) >= 11 is 0. The van der Waals surface area contributed by atoms with Gasteiger partial charge in [-0.25, -0.2) is 17.5 Å². The Labute approximate surface area is 214 Å². The highest BCUT2D eigenvalue weighted by molar-refractivity contribution is 7.91. The van der Waals surface area contributed by atoms with Crippen molar-refractivity contribution in [1.29, 1.82) is 0 Å². The molecule has 0 radical (unpaired) electrons. The number of nitrogens with zero attached hydrogens (tertiary/aromatic N) is 3. The molecule has 1 aliphatic heterocycles. The third-order valence-corrected chi connectivity index (χ3v) is 8.09. The predicted molar refractivity (Wildman–Crippen MR) is 139 cm³/mol. The molecule has 1 saturated heterocycles. The summed E-state index contributed by atoms with van der Waals surface area (Å²) in [6, 6.07) is 18.7. The molecule has 0 bridgehead atoms. The number of benzene rings is 2. The Bertz CT molecular complexity index is 1540. The fourth-order valence-electron chi connectivity index (χ4n) is 4.46. The fraction of sp³-hybridized carbons (Fsp3) is 0.214. The zero-order valence-corrected chi connectivity index (χ0v) is 21.1. The number of sulfone groups is 1. The highest BCUT2D eigenvalue weighted by Crippen LogP contribution is 2.26. The molecule has 5 rings (SSSR count). The Morgan fingerprint density at radius 3 is 2.54 bits per heavy atom. The predicted octanol–water partition coefficient (Wildman–Crippen LogP) is 4.81. The number of hydrogen-bond acceptors (Lipinski definition) is 5. The number of carbonyl (C=O) groups is 1. The molecule has 1 unspecified atom stereocenters. The molecule has 0 aliphatic carbocycles. The van der Waals surface area contributed by atoms with Crippen LogP contribution in [0, 0.1) is 12.7 Å². The lowest BCUT2D eigenvalue weighted by atomic mass is 10.1. The largest absolute Gasteiger partial charge is 0.464 e. The van der Waals surface area contributed by atoms with E-state index in [0.717, 1.165) is 5.69 Å². The second-order valence-electron chi connectivity index (χ2n) is 9.09. The smallest absolute Gasteiger partial charge is 0.247 e. The first kappa shape index (κ1) is 24.7. The lowest BCUT2D eigenvalue weighted by Gasteiger charge is -2.26. The van der Waals surface area contributed by atoms with Crippen molar-refractivity contribution in [2.24, 2.45) is 0 Å². The maximum atomic E-state index is 13.6. The summed E-state index contributed by atoms with van der Waals surface area (Å²) in [6.45, 7) is 1.99. The molecular weight excluding hydrogens is 493 g/mol. The van der Waals surface area contributed by atoms with Crippen molar-refractivity contribution < 1.29 is 22.0 Å². The van der Waals surface area contributed by atoms with Crippen molar-refractivity contribution in [3.05, 3.63) is 102 Å². The molecule has 0 saturated carbocycles. The van der Waals surface area contributed by atoms with Gasteiger partial charge in [-0.15, -0.1) is 0 Å². The van der Waals surface area contributed by atoms with Gasteiger partial charge in [-0.3, -0.25) is 4.79 Å². The van der Waals surface area contributed by atoms with Gasteiger partial charge in [0.1, 0.15) is 17.3 Å². The average molecular weight is 520 g/mol. The number of halogens is 1. The Kier molecular flexibility index (Phi) is 6.80. The topological polar surface area (TPSA) is 85.4 Å². The molecule has 4 aromatic rings. The molecule has 0 N–H and O–H groups in total. The zero-order chi connectivity index (χ0) is 26.0. The highest BCUT2D eigenvalue weighted by atomic mass is 32.2. The van der Waals surface area contributed by atoms with E-state index in [0.29, 0.717) is 34.8 Å². The second kappa shape index (κ2) is 10.2. The summed E-state index contributed by atoms with van der Waals surface area (Å²) in [6.07, 6.45) is 5.28. The summed E-state index contributed by atoms with van der Waals surface area (Å²) in [4.78, 5) is 15.0. The maximum Gasteiger partial charge on any atom is 0.247 e. The standard InChI is InChI=1S/C28H26FN3O4S/c1-20-7-13-26(36-20)18-31(25-15-16-37(34,35)19-25)27(33)14-10-22-17-32(24-5-3-2-4-6-24)30-28(22)21-8-11-23(29)12-9-21/h2-14,17,25H,15-16,18-19H2,1H3/b14-10+. The van der Waals surface area contributed by atoms with Gasteiger partial charge in [0.2, 0.25) is 5.91 Å². The number of amides is 1. The molecule has 1 amide bonds. The number of carbonyl (C=O) groups excluding carboxylic acids is 1. The van der Waals surface area contributed by atoms with E-state index < -0.39 is 15.9 Å². The van der Waals surface area contributed by atoms with Gasteiger partial charge >= 0.3 is 0 Å². The number of hydrogen-bond donors (Lipinski definition) is 0. The van der Waals surface area contributed by atoms with Crippen LogP contribution in [0.2, 0.25) is 0 Å². The summed E-state index contributed by atoms with van der Waals surface area (Å²) in [5, 5.41) is 4.69. The summed E-state index contributed by atoms with van der Waals surface area (Å²) in [7, 11) is -3.19. The molecule has 1 aliphatic rings. The lowest BCUT2D eigenvalue weighted by molar-refractivity contribution is -0.128. The number of furan rings is 1. The molecule has 0 spiro atoms. The molecule has 3 heterocycles. The molecule has 7 nitrogen and oxygen atoms in total. The number of para-hydroxylation sites is 1. The van der Waals surface area contributed by atoms with Crippen LogP contribution in [0.4, 0.5) is 4.39 Å². The van der Waals surface area contributed by atoms with Gasteiger partial charge in [-0.2, -0.15) is 5.10 Å². The molecule has 37 heavy (non-hydrogen) atoms. The van der Waals surface area contributed by atoms with Crippen LogP contribution in [0.3, 0.4) is 0 Å². The van der Waals surface area contributed by atoms with Crippen molar-refractivity contribution in [3.63, 3.8) is 0 Å². The Morgan fingerprint density at radius 1 is 1.14 bits per heavy atom. The van der Waals surface area contributed by atoms with Crippen molar-refractivity contribution >= 4 is 21.8 Å². The highest BCUT2D eigenvalue weighted by Gasteiger charge is 2.34. The maximum absolute atomic E-state index is 13.6. The Morgan fingerprint density at radius 2 is 1.89 bits per heavy atom. The third-order valence-electron chi connectivity index (χ3n) is 6.34. The van der Waals surface area contributed by atoms with Gasteiger partial charge in [-0.1, -0.05) is 18.2 Å². The Balaban J connectivity index is 1.48. The van der Waals surface area contributed by atoms with Crippen molar-refractivity contribution in [2.45, 2.75) is 25.9 Å². The normalized spacial score (nSPS) is 16.9. The van der Waals surface area contributed by atoms with Crippen LogP contribution in [0.25, 0.3) is 23.0 Å². The molecule has 1 fully saturated rings. The minimum atomic E-state index is -3.19. The first-order valence-electron chi connectivity index (χ1n) is 11.9. The van der Waals surface area contributed by atoms with Crippen LogP contribution < -0.4 is 0 Å². The number of aromatic nitrogens is 2. The van der Waals surface area contributed by atoms with Gasteiger partial charge in [0.15, 0.2) is 9.84 Å². The molecule has 190 valence electrons. The third kappa shape index (κ3) is 5.72. The van der Waals surface area contributed by atoms with Crippen LogP contribution in [-0.2, 0) is 21.2 Å². The summed E-state index contributed by atoms with van der Waals surface area (Å²) in [5.41, 5.74) is 2.79. The Hall–Kier alpha value is -3.98. The van der Waals surface area contributed by atoms with E-state index in [9.17, 15) is 17.6 Å². The minimum Gasteiger partial charge on any atom is -0.464 e. The minimum absolute atomic E-state index is 0.0565. The number of aryl methyl sites for hydroxylation is 1. The number of rotatable bonds is 7. The average Bonchev–Trinajstić information content (AvgIpc) is 3.60. The molecule has 1 atom stereocenters. The van der Waals surface area contributed by atoms with Crippen LogP contribution >= 0.6 is 0 Å². The van der Waals surface area contributed by atoms with Crippen molar-refractivity contribution in [3.8, 4) is 16.9 Å². The van der Waals surface area contributed by atoms with E-state index >= 15 is 0 Å². The molecular formula is C28H26FN3O4S. The fourth-order valence-corrected chi connectivity index (χ4v) is 6.19. The van der Waals surface area contributed by atoms with Crippen LogP contribution in [0.1, 0.15) is 23.5 Å². The van der Waals surface area contributed by atoms with E-state index in [2.05, 4.69) is 0 Å². The van der Waals surface area contributed by atoms with Crippen LogP contribution in [0.5, 0.6) is 0 Å². The first-order valence-corrected chi connectivity index (χ1v) is 13.7. The van der Waals surface area contributed by atoms with Gasteiger partial charge in [0.05, 0.1) is 29.4 Å². The SMILES string of the molecule is Cc1ccc(CN(C(=O)/C=C/c2cn(-c3ccccc3)nc2-c2ccc(F)cc2)C2CCS(=O)(=O)C2)o1. The van der Waals surface area contributed by atoms with Gasteiger partial charge in [-0.05, 0) is 68.0 Å². The zero-order valence-electron chi connectivity index (χ0n) is 20.2. The molecule has 2 aromatic carbocycles. The van der Waals surface area contributed by atoms with Gasteiger partial charge in [0, 0.05) is 29.4 Å².